The first kappa shape index (κ1) is 16.9. The van der Waals surface area contributed by atoms with E-state index < -0.39 is 0 Å². The zero-order chi connectivity index (χ0) is 18.1. The molecule has 1 saturated carbocycles. The van der Waals surface area contributed by atoms with Crippen molar-refractivity contribution in [3.05, 3.63) is 53.2 Å². The SMILES string of the molecule is CN(Cc1csc(-c2ccccc2)n1)c1cc(C2CC(N)C2)nc(N)n1. The third-order valence-corrected chi connectivity index (χ3v) is 5.65. The molecule has 4 rings (SSSR count). The summed E-state index contributed by atoms with van der Waals surface area (Å²) in [7, 11) is 2.00. The Morgan fingerprint density at radius 2 is 1.92 bits per heavy atom. The Morgan fingerprint density at radius 3 is 2.65 bits per heavy atom. The third-order valence-electron chi connectivity index (χ3n) is 4.71. The Balaban J connectivity index is 1.50. The van der Waals surface area contributed by atoms with Gasteiger partial charge in [0.25, 0.3) is 0 Å². The number of rotatable bonds is 5. The lowest BCUT2D eigenvalue weighted by atomic mass is 9.78. The van der Waals surface area contributed by atoms with Crippen LogP contribution in [0, 0.1) is 0 Å². The van der Waals surface area contributed by atoms with Crippen LogP contribution in [0.5, 0.6) is 0 Å². The maximum atomic E-state index is 5.93. The van der Waals surface area contributed by atoms with Crippen molar-refractivity contribution >= 4 is 23.1 Å². The van der Waals surface area contributed by atoms with Crippen LogP contribution in [-0.2, 0) is 6.54 Å². The van der Waals surface area contributed by atoms with E-state index in [0.717, 1.165) is 40.6 Å². The summed E-state index contributed by atoms with van der Waals surface area (Å²) in [6, 6.07) is 12.5. The molecule has 4 N–H and O–H groups in total. The number of hydrogen-bond donors (Lipinski definition) is 2. The zero-order valence-corrected chi connectivity index (χ0v) is 15.5. The Bertz CT molecular complexity index is 888. The van der Waals surface area contributed by atoms with Gasteiger partial charge in [0, 0.05) is 36.0 Å². The highest BCUT2D eigenvalue weighted by Crippen LogP contribution is 2.36. The van der Waals surface area contributed by atoms with Crippen LogP contribution in [-0.4, -0.2) is 28.0 Å². The predicted octanol–water partition coefficient (Wildman–Crippen LogP) is 3.02. The molecule has 0 atom stereocenters. The van der Waals surface area contributed by atoms with E-state index in [1.54, 1.807) is 11.3 Å². The molecule has 2 aromatic heterocycles. The lowest BCUT2D eigenvalue weighted by molar-refractivity contribution is 0.345. The molecule has 7 heteroatoms. The van der Waals surface area contributed by atoms with Gasteiger partial charge in [-0.15, -0.1) is 11.3 Å². The topological polar surface area (TPSA) is 94.0 Å². The monoisotopic (exact) mass is 366 g/mol. The maximum absolute atomic E-state index is 5.93. The predicted molar refractivity (Wildman–Crippen MR) is 106 cm³/mol. The molecule has 0 unspecified atom stereocenters. The summed E-state index contributed by atoms with van der Waals surface area (Å²) in [4.78, 5) is 15.6. The molecule has 1 aromatic carbocycles. The summed E-state index contributed by atoms with van der Waals surface area (Å²) >= 11 is 1.65. The molecule has 0 aliphatic heterocycles. The Morgan fingerprint density at radius 1 is 1.15 bits per heavy atom. The van der Waals surface area contributed by atoms with Crippen LogP contribution in [0.2, 0.25) is 0 Å². The highest BCUT2D eigenvalue weighted by molar-refractivity contribution is 7.13. The number of hydrogen-bond acceptors (Lipinski definition) is 7. The molecular weight excluding hydrogens is 344 g/mol. The van der Waals surface area contributed by atoms with Crippen LogP contribution in [0.25, 0.3) is 10.6 Å². The van der Waals surface area contributed by atoms with Gasteiger partial charge in [-0.3, -0.25) is 0 Å². The van der Waals surface area contributed by atoms with Crippen molar-refractivity contribution in [2.24, 2.45) is 5.73 Å². The molecule has 2 heterocycles. The van der Waals surface area contributed by atoms with E-state index in [1.165, 1.54) is 0 Å². The van der Waals surface area contributed by atoms with E-state index in [-0.39, 0.29) is 6.04 Å². The Hall–Kier alpha value is -2.51. The number of aromatic nitrogens is 3. The first-order valence-corrected chi connectivity index (χ1v) is 9.57. The largest absolute Gasteiger partial charge is 0.368 e. The van der Waals surface area contributed by atoms with Gasteiger partial charge in [0.1, 0.15) is 10.8 Å². The van der Waals surface area contributed by atoms with Crippen LogP contribution in [0.1, 0.15) is 30.1 Å². The molecule has 26 heavy (non-hydrogen) atoms. The van der Waals surface area contributed by atoms with Gasteiger partial charge >= 0.3 is 0 Å². The number of nitrogens with zero attached hydrogens (tertiary/aromatic N) is 4. The molecule has 1 aliphatic carbocycles. The number of nitrogen functional groups attached to an aromatic ring is 1. The molecular formula is C19H22N6S. The van der Waals surface area contributed by atoms with Crippen LogP contribution in [0.15, 0.2) is 41.8 Å². The van der Waals surface area contributed by atoms with Crippen molar-refractivity contribution in [3.8, 4) is 10.6 Å². The second kappa shape index (κ2) is 7.01. The fraction of sp³-hybridized carbons (Fsp3) is 0.316. The fourth-order valence-electron chi connectivity index (χ4n) is 3.20. The average molecular weight is 366 g/mol. The van der Waals surface area contributed by atoms with Gasteiger partial charge in [-0.25, -0.2) is 9.97 Å². The smallest absolute Gasteiger partial charge is 0.222 e. The second-order valence-corrected chi connectivity index (χ2v) is 7.66. The lowest BCUT2D eigenvalue weighted by Gasteiger charge is -2.32. The van der Waals surface area contributed by atoms with Gasteiger partial charge in [-0.2, -0.15) is 4.98 Å². The highest BCUT2D eigenvalue weighted by Gasteiger charge is 2.29. The third kappa shape index (κ3) is 3.54. The second-order valence-electron chi connectivity index (χ2n) is 6.80. The van der Waals surface area contributed by atoms with Crippen molar-refractivity contribution in [1.82, 2.24) is 15.0 Å². The van der Waals surface area contributed by atoms with Crippen LogP contribution < -0.4 is 16.4 Å². The van der Waals surface area contributed by atoms with Gasteiger partial charge in [0.2, 0.25) is 5.95 Å². The lowest BCUT2D eigenvalue weighted by Crippen LogP contribution is -2.35. The minimum Gasteiger partial charge on any atom is -0.368 e. The quantitative estimate of drug-likeness (QED) is 0.721. The van der Waals surface area contributed by atoms with Gasteiger partial charge in [0.05, 0.1) is 17.9 Å². The van der Waals surface area contributed by atoms with Gasteiger partial charge in [-0.1, -0.05) is 30.3 Å². The van der Waals surface area contributed by atoms with E-state index in [4.69, 9.17) is 16.5 Å². The summed E-state index contributed by atoms with van der Waals surface area (Å²) in [5, 5.41) is 3.12. The Kier molecular flexibility index (Phi) is 4.57. The van der Waals surface area contributed by atoms with Crippen molar-refractivity contribution in [2.45, 2.75) is 31.3 Å². The summed E-state index contributed by atoms with van der Waals surface area (Å²) < 4.78 is 0. The summed E-state index contributed by atoms with van der Waals surface area (Å²) in [5.74, 6) is 1.53. The van der Waals surface area contributed by atoms with E-state index in [2.05, 4.69) is 32.4 Å². The van der Waals surface area contributed by atoms with E-state index in [1.807, 2.05) is 31.3 Å². The van der Waals surface area contributed by atoms with Gasteiger partial charge in [0.15, 0.2) is 0 Å². The van der Waals surface area contributed by atoms with E-state index >= 15 is 0 Å². The first-order chi connectivity index (χ1) is 12.6. The fourth-order valence-corrected chi connectivity index (χ4v) is 4.01. The maximum Gasteiger partial charge on any atom is 0.222 e. The van der Waals surface area contributed by atoms with Gasteiger partial charge in [-0.05, 0) is 12.8 Å². The van der Waals surface area contributed by atoms with E-state index in [0.29, 0.717) is 18.4 Å². The number of nitrogens with two attached hydrogens (primary N) is 2. The van der Waals surface area contributed by atoms with Crippen LogP contribution in [0.3, 0.4) is 0 Å². The molecule has 6 nitrogen and oxygen atoms in total. The summed E-state index contributed by atoms with van der Waals surface area (Å²) in [6.07, 6.45) is 1.93. The molecule has 0 spiro atoms. The molecule has 3 aromatic rings. The molecule has 1 fully saturated rings. The van der Waals surface area contributed by atoms with E-state index in [9.17, 15) is 0 Å². The number of thiazole rings is 1. The van der Waals surface area contributed by atoms with Crippen LogP contribution >= 0.6 is 11.3 Å². The van der Waals surface area contributed by atoms with Crippen molar-refractivity contribution < 1.29 is 0 Å². The zero-order valence-electron chi connectivity index (χ0n) is 14.7. The van der Waals surface area contributed by atoms with Crippen molar-refractivity contribution in [1.29, 1.82) is 0 Å². The summed E-state index contributed by atoms with van der Waals surface area (Å²) in [5.41, 5.74) is 15.0. The minimum absolute atomic E-state index is 0.281. The summed E-state index contributed by atoms with van der Waals surface area (Å²) in [6.45, 7) is 0.670. The molecule has 1 aliphatic rings. The standard InChI is InChI=1S/C19H22N6S/c1-25(10-15-11-26-18(22-15)12-5-3-2-4-6-12)17-9-16(23-19(21)24-17)13-7-14(20)8-13/h2-6,9,11,13-14H,7-8,10,20H2,1H3,(H2,21,23,24). The molecule has 0 bridgehead atoms. The first-order valence-electron chi connectivity index (χ1n) is 8.69. The molecule has 0 radical (unpaired) electrons. The minimum atomic E-state index is 0.281. The van der Waals surface area contributed by atoms with Crippen LogP contribution in [0.4, 0.5) is 11.8 Å². The van der Waals surface area contributed by atoms with Crippen molar-refractivity contribution in [3.63, 3.8) is 0 Å². The Labute approximate surface area is 156 Å². The highest BCUT2D eigenvalue weighted by atomic mass is 32.1. The molecule has 0 amide bonds. The van der Waals surface area contributed by atoms with Gasteiger partial charge < -0.3 is 16.4 Å². The molecule has 134 valence electrons. The number of benzene rings is 1. The normalized spacial score (nSPS) is 19.2. The van der Waals surface area contributed by atoms with Crippen molar-refractivity contribution in [2.75, 3.05) is 17.7 Å². The average Bonchev–Trinajstić information content (AvgIpc) is 3.07. The number of anilines is 2. The molecule has 0 saturated heterocycles.